The molecular weight excluding hydrogens is 300 g/mol. The third-order valence-electron chi connectivity index (χ3n) is 2.36. The minimum absolute atomic E-state index is 0.0132. The molecule has 0 saturated heterocycles. The predicted octanol–water partition coefficient (Wildman–Crippen LogP) is 3.76. The normalized spacial score (nSPS) is 10.4. The maximum atomic E-state index is 12.2. The maximum absolute atomic E-state index is 12.2. The first-order valence-electron chi connectivity index (χ1n) is 5.42. The number of thioether (sulfide) groups is 1. The Morgan fingerprint density at radius 3 is 2.58 bits per heavy atom. The van der Waals surface area contributed by atoms with Gasteiger partial charge in [0.25, 0.3) is 0 Å². The van der Waals surface area contributed by atoms with Gasteiger partial charge in [0, 0.05) is 21.2 Å². The summed E-state index contributed by atoms with van der Waals surface area (Å²) in [6, 6.07) is 10.5. The van der Waals surface area contributed by atoms with E-state index in [1.807, 2.05) is 6.07 Å². The van der Waals surface area contributed by atoms with E-state index >= 15 is 0 Å². The number of amidine groups is 1. The average Bonchev–Trinajstić information content (AvgIpc) is 2.85. The highest BCUT2D eigenvalue weighted by Crippen LogP contribution is 2.24. The van der Waals surface area contributed by atoms with Crippen LogP contribution in [0, 0.1) is 5.41 Å². The largest absolute Gasteiger partial charge is 0.379 e. The second-order valence-corrected chi connectivity index (χ2v) is 6.38. The van der Waals surface area contributed by atoms with Crippen LogP contribution in [0.25, 0.3) is 0 Å². The van der Waals surface area contributed by atoms with Crippen molar-refractivity contribution < 1.29 is 4.79 Å². The lowest BCUT2D eigenvalue weighted by Crippen LogP contribution is -2.03. The first-order chi connectivity index (χ1) is 9.06. The molecule has 0 saturated carbocycles. The zero-order valence-corrected chi connectivity index (χ0v) is 12.2. The molecule has 0 radical (unpaired) electrons. The van der Waals surface area contributed by atoms with E-state index in [1.165, 1.54) is 23.1 Å². The topological polar surface area (TPSA) is 66.9 Å². The fraction of sp³-hybridized carbons (Fsp3) is 0.0769. The molecule has 0 unspecified atom stereocenters. The van der Waals surface area contributed by atoms with Gasteiger partial charge >= 0.3 is 0 Å². The van der Waals surface area contributed by atoms with Crippen molar-refractivity contribution in [2.24, 2.45) is 5.73 Å². The van der Waals surface area contributed by atoms with Gasteiger partial charge in [0.15, 0.2) is 5.17 Å². The number of thiophene rings is 1. The first kappa shape index (κ1) is 14.1. The highest BCUT2D eigenvalue weighted by Gasteiger charge is 2.12. The zero-order valence-electron chi connectivity index (χ0n) is 9.85. The lowest BCUT2D eigenvalue weighted by molar-refractivity contribution is 0.104. The van der Waals surface area contributed by atoms with E-state index in [-0.39, 0.29) is 11.0 Å². The van der Waals surface area contributed by atoms with Gasteiger partial charge in [0.05, 0.1) is 4.88 Å². The number of rotatable bonds is 4. The molecule has 0 atom stereocenters. The SMILES string of the molecule is N=C(N)SCc1ccc(C(=O)c2ccc(Cl)cc2)s1. The molecule has 1 heterocycles. The van der Waals surface area contributed by atoms with Crippen molar-refractivity contribution in [1.29, 1.82) is 5.41 Å². The monoisotopic (exact) mass is 310 g/mol. The van der Waals surface area contributed by atoms with E-state index in [0.29, 0.717) is 21.2 Å². The zero-order chi connectivity index (χ0) is 13.8. The summed E-state index contributed by atoms with van der Waals surface area (Å²) in [4.78, 5) is 13.9. The molecule has 2 rings (SSSR count). The number of carbonyl (C=O) groups excluding carboxylic acids is 1. The van der Waals surface area contributed by atoms with Gasteiger partial charge in [-0.3, -0.25) is 10.2 Å². The lowest BCUT2D eigenvalue weighted by atomic mass is 10.1. The molecule has 0 bridgehead atoms. The third kappa shape index (κ3) is 3.83. The van der Waals surface area contributed by atoms with Crippen molar-refractivity contribution in [2.45, 2.75) is 5.75 Å². The van der Waals surface area contributed by atoms with Crippen molar-refractivity contribution in [3.05, 3.63) is 56.7 Å². The molecule has 1 aromatic carbocycles. The Hall–Kier alpha value is -1.30. The van der Waals surface area contributed by atoms with Crippen molar-refractivity contribution in [2.75, 3.05) is 0 Å². The molecule has 3 N–H and O–H groups in total. The molecule has 0 aliphatic rings. The van der Waals surface area contributed by atoms with Crippen LogP contribution in [0.1, 0.15) is 20.1 Å². The van der Waals surface area contributed by atoms with Crippen LogP contribution in [0.5, 0.6) is 0 Å². The summed E-state index contributed by atoms with van der Waals surface area (Å²) in [6.45, 7) is 0. The second-order valence-electron chi connectivity index (χ2n) is 3.75. The Balaban J connectivity index is 2.11. The van der Waals surface area contributed by atoms with Gasteiger partial charge in [-0.1, -0.05) is 23.4 Å². The molecule has 0 aliphatic heterocycles. The molecule has 0 spiro atoms. The van der Waals surface area contributed by atoms with Gasteiger partial charge in [-0.2, -0.15) is 0 Å². The van der Waals surface area contributed by atoms with Crippen LogP contribution in [0.15, 0.2) is 36.4 Å². The molecule has 1 aromatic heterocycles. The van der Waals surface area contributed by atoms with Crippen molar-refractivity contribution in [3.8, 4) is 0 Å². The van der Waals surface area contributed by atoms with Crippen LogP contribution in [0.4, 0.5) is 0 Å². The van der Waals surface area contributed by atoms with Crippen molar-refractivity contribution >= 4 is 45.7 Å². The Morgan fingerprint density at radius 1 is 1.26 bits per heavy atom. The van der Waals surface area contributed by atoms with Gasteiger partial charge in [-0.25, -0.2) is 0 Å². The molecule has 2 aromatic rings. The Labute approximate surface area is 124 Å². The Kier molecular flexibility index (Phi) is 4.63. The summed E-state index contributed by atoms with van der Waals surface area (Å²) in [7, 11) is 0. The van der Waals surface area contributed by atoms with E-state index in [2.05, 4.69) is 0 Å². The van der Waals surface area contributed by atoms with E-state index in [1.54, 1.807) is 30.3 Å². The molecule has 0 aliphatic carbocycles. The van der Waals surface area contributed by atoms with E-state index < -0.39 is 0 Å². The molecule has 98 valence electrons. The summed E-state index contributed by atoms with van der Waals surface area (Å²) in [5, 5.41) is 7.85. The van der Waals surface area contributed by atoms with Gasteiger partial charge in [-0.05, 0) is 36.4 Å². The van der Waals surface area contributed by atoms with Gasteiger partial charge in [0.2, 0.25) is 5.78 Å². The first-order valence-corrected chi connectivity index (χ1v) is 7.60. The standard InChI is InChI=1S/C13H11ClN2OS2/c14-9-3-1-8(2-4-9)12(17)11-6-5-10(19-11)7-18-13(15)16/h1-6H,7H2,(H3,15,16). The van der Waals surface area contributed by atoms with E-state index in [0.717, 1.165) is 4.88 Å². The van der Waals surface area contributed by atoms with Crippen LogP contribution < -0.4 is 5.73 Å². The number of nitrogens with one attached hydrogen (secondary N) is 1. The molecular formula is C13H11ClN2OS2. The molecule has 6 heteroatoms. The van der Waals surface area contributed by atoms with Crippen molar-refractivity contribution in [1.82, 2.24) is 0 Å². The number of carbonyl (C=O) groups is 1. The van der Waals surface area contributed by atoms with Gasteiger partial charge in [0.1, 0.15) is 0 Å². The molecule has 0 amide bonds. The quantitative estimate of drug-likeness (QED) is 0.513. The summed E-state index contributed by atoms with van der Waals surface area (Å²) in [5.74, 6) is 0.606. The van der Waals surface area contributed by atoms with Crippen LogP contribution in [0.2, 0.25) is 5.02 Å². The summed E-state index contributed by atoms with van der Waals surface area (Å²) >= 11 is 8.47. The predicted molar refractivity (Wildman–Crippen MR) is 82.4 cm³/mol. The number of halogens is 1. The minimum Gasteiger partial charge on any atom is -0.379 e. The number of hydrogen-bond acceptors (Lipinski definition) is 4. The highest BCUT2D eigenvalue weighted by molar-refractivity contribution is 8.13. The van der Waals surface area contributed by atoms with Crippen LogP contribution in [0.3, 0.4) is 0 Å². The fourth-order valence-corrected chi connectivity index (χ4v) is 3.17. The van der Waals surface area contributed by atoms with Crippen LogP contribution in [-0.4, -0.2) is 11.0 Å². The third-order valence-corrected chi connectivity index (χ3v) is 4.65. The van der Waals surface area contributed by atoms with Gasteiger partial charge < -0.3 is 5.73 Å². The maximum Gasteiger partial charge on any atom is 0.202 e. The fourth-order valence-electron chi connectivity index (χ4n) is 1.47. The number of ketones is 1. The number of nitrogens with two attached hydrogens (primary N) is 1. The second kappa shape index (κ2) is 6.23. The van der Waals surface area contributed by atoms with E-state index in [9.17, 15) is 4.79 Å². The Bertz CT molecular complexity index is 607. The highest BCUT2D eigenvalue weighted by atomic mass is 35.5. The van der Waals surface area contributed by atoms with E-state index in [4.69, 9.17) is 22.7 Å². The number of benzene rings is 1. The van der Waals surface area contributed by atoms with Gasteiger partial charge in [-0.15, -0.1) is 11.3 Å². The average molecular weight is 311 g/mol. The van der Waals surface area contributed by atoms with Crippen LogP contribution >= 0.6 is 34.7 Å². The Morgan fingerprint density at radius 2 is 1.95 bits per heavy atom. The number of hydrogen-bond donors (Lipinski definition) is 2. The summed E-state index contributed by atoms with van der Waals surface area (Å²) in [5.41, 5.74) is 5.91. The molecule has 0 fully saturated rings. The smallest absolute Gasteiger partial charge is 0.202 e. The molecule has 3 nitrogen and oxygen atoms in total. The van der Waals surface area contributed by atoms with Crippen LogP contribution in [-0.2, 0) is 5.75 Å². The molecule has 19 heavy (non-hydrogen) atoms. The van der Waals surface area contributed by atoms with Crippen molar-refractivity contribution in [3.63, 3.8) is 0 Å². The summed E-state index contributed by atoms with van der Waals surface area (Å²) < 4.78 is 0. The minimum atomic E-state index is -0.0132. The summed E-state index contributed by atoms with van der Waals surface area (Å²) in [6.07, 6.45) is 0. The lowest BCUT2D eigenvalue weighted by Gasteiger charge is -1.98.